The Morgan fingerprint density at radius 3 is 2.16 bits per heavy atom. The molecule has 4 bridgehead atoms. The maximum absolute atomic E-state index is 13.1. The maximum Gasteiger partial charge on any atom is 0.263 e. The van der Waals surface area contributed by atoms with Gasteiger partial charge in [0.25, 0.3) is 15.9 Å². The number of hydrogen-bond donors (Lipinski definition) is 2. The average Bonchev–Trinajstić information content (AvgIpc) is 2.86. The molecule has 7 heteroatoms. The monoisotopic (exact) mass is 534 g/mol. The molecule has 0 radical (unpaired) electrons. The van der Waals surface area contributed by atoms with Gasteiger partial charge in [-0.25, -0.2) is 8.42 Å². The number of nitrogens with one attached hydrogen (secondary N) is 2. The number of aryl methyl sites for hydroxylation is 1. The number of anilines is 2. The molecule has 0 aliphatic heterocycles. The summed E-state index contributed by atoms with van der Waals surface area (Å²) in [5, 5.41) is 2.97. The van der Waals surface area contributed by atoms with Crippen LogP contribution in [0.3, 0.4) is 0 Å². The minimum atomic E-state index is -3.98. The summed E-state index contributed by atoms with van der Waals surface area (Å²) in [4.78, 5) is 12.9. The van der Waals surface area contributed by atoms with E-state index < -0.39 is 10.0 Å². The second-order valence-electron chi connectivity index (χ2n) is 11.1. The molecule has 2 N–H and O–H groups in total. The van der Waals surface area contributed by atoms with E-state index in [1.807, 2.05) is 31.2 Å². The van der Waals surface area contributed by atoms with Gasteiger partial charge < -0.3 is 5.32 Å². The van der Waals surface area contributed by atoms with E-state index in [4.69, 9.17) is 11.6 Å². The van der Waals surface area contributed by atoms with Crippen molar-refractivity contribution in [3.8, 4) is 0 Å². The molecule has 0 heterocycles. The number of rotatable bonds is 6. The van der Waals surface area contributed by atoms with Crippen LogP contribution in [0.5, 0.6) is 0 Å². The van der Waals surface area contributed by atoms with Crippen molar-refractivity contribution in [2.75, 3.05) is 10.0 Å². The number of hydrogen-bond acceptors (Lipinski definition) is 3. The van der Waals surface area contributed by atoms with E-state index in [0.29, 0.717) is 17.3 Å². The second kappa shape index (κ2) is 9.48. The van der Waals surface area contributed by atoms with Gasteiger partial charge in [-0.05, 0) is 116 Å². The lowest BCUT2D eigenvalue weighted by Crippen LogP contribution is -2.43. The summed E-state index contributed by atoms with van der Waals surface area (Å²) in [6.45, 7) is 1.82. The van der Waals surface area contributed by atoms with E-state index in [-0.39, 0.29) is 21.4 Å². The molecule has 5 nitrogen and oxygen atoms in total. The highest BCUT2D eigenvalue weighted by atomic mass is 35.5. The maximum atomic E-state index is 13.1. The van der Waals surface area contributed by atoms with Gasteiger partial charge in [0, 0.05) is 11.3 Å². The summed E-state index contributed by atoms with van der Waals surface area (Å²) in [6, 6.07) is 19.6. The van der Waals surface area contributed by atoms with Gasteiger partial charge in [0.1, 0.15) is 4.90 Å². The molecular formula is C30H31ClN2O3S. The number of sulfonamides is 1. The molecule has 4 fully saturated rings. The summed E-state index contributed by atoms with van der Waals surface area (Å²) in [7, 11) is -3.98. The Kier molecular flexibility index (Phi) is 6.28. The van der Waals surface area contributed by atoms with Crippen molar-refractivity contribution in [2.45, 2.75) is 49.8 Å². The van der Waals surface area contributed by atoms with Crippen LogP contribution >= 0.6 is 11.6 Å². The predicted octanol–water partition coefficient (Wildman–Crippen LogP) is 7.24. The molecule has 4 saturated carbocycles. The Morgan fingerprint density at radius 1 is 0.865 bits per heavy atom. The first kappa shape index (κ1) is 24.5. The third-order valence-corrected chi connectivity index (χ3v) is 10.5. The molecule has 0 spiro atoms. The Morgan fingerprint density at radius 2 is 1.51 bits per heavy atom. The third kappa shape index (κ3) is 4.77. The van der Waals surface area contributed by atoms with Gasteiger partial charge in [-0.3, -0.25) is 9.52 Å². The zero-order chi connectivity index (χ0) is 25.7. The number of carbonyl (C=O) groups is 1. The zero-order valence-corrected chi connectivity index (χ0v) is 22.4. The van der Waals surface area contributed by atoms with Crippen LogP contribution in [-0.4, -0.2) is 14.3 Å². The second-order valence-corrected chi connectivity index (χ2v) is 13.2. The van der Waals surface area contributed by atoms with E-state index >= 15 is 0 Å². The van der Waals surface area contributed by atoms with Gasteiger partial charge >= 0.3 is 0 Å². The van der Waals surface area contributed by atoms with Crippen LogP contribution in [0.4, 0.5) is 11.4 Å². The standard InChI is InChI=1S/C30H31ClN2O3S/c1-18-4-2-3-5-27(18)33-37(35,36)28-17-22(8-11-26(28)31)30(34)32-25-9-6-21(7-10-25)29-23-13-19-12-20(15-23)16-24(29)14-19/h2-11,17,19-20,23-24,29,33H,12-16H2,1H3,(H,32,34). The molecule has 0 unspecified atom stereocenters. The van der Waals surface area contributed by atoms with Crippen molar-refractivity contribution in [3.63, 3.8) is 0 Å². The highest BCUT2D eigenvalue weighted by molar-refractivity contribution is 7.92. The number of amides is 1. The van der Waals surface area contributed by atoms with E-state index in [1.54, 1.807) is 12.1 Å². The average molecular weight is 535 g/mol. The van der Waals surface area contributed by atoms with E-state index in [0.717, 1.165) is 29.2 Å². The van der Waals surface area contributed by atoms with Gasteiger partial charge in [0.2, 0.25) is 0 Å². The van der Waals surface area contributed by atoms with Gasteiger partial charge in [0.05, 0.1) is 10.7 Å². The molecule has 192 valence electrons. The summed E-state index contributed by atoms with van der Waals surface area (Å²) in [5.74, 6) is 3.75. The lowest BCUT2D eigenvalue weighted by Gasteiger charge is -2.54. The summed E-state index contributed by atoms with van der Waals surface area (Å²) < 4.78 is 28.7. The zero-order valence-electron chi connectivity index (χ0n) is 20.8. The fourth-order valence-electron chi connectivity index (χ4n) is 7.20. The summed E-state index contributed by atoms with van der Waals surface area (Å²) >= 11 is 6.24. The fraction of sp³-hybridized carbons (Fsp3) is 0.367. The van der Waals surface area contributed by atoms with E-state index in [1.165, 1.54) is 55.9 Å². The molecule has 4 aliphatic carbocycles. The van der Waals surface area contributed by atoms with E-state index in [2.05, 4.69) is 22.2 Å². The lowest BCUT2D eigenvalue weighted by atomic mass is 9.51. The van der Waals surface area contributed by atoms with Crippen LogP contribution in [0, 0.1) is 30.6 Å². The minimum Gasteiger partial charge on any atom is -0.322 e. The van der Waals surface area contributed by atoms with Crippen LogP contribution in [0.25, 0.3) is 0 Å². The molecule has 0 atom stereocenters. The highest BCUT2D eigenvalue weighted by Crippen LogP contribution is 2.59. The quantitative estimate of drug-likeness (QED) is 0.350. The molecule has 37 heavy (non-hydrogen) atoms. The van der Waals surface area contributed by atoms with Crippen LogP contribution < -0.4 is 10.0 Å². The Bertz CT molecular complexity index is 1420. The first-order valence-corrected chi connectivity index (χ1v) is 14.9. The summed E-state index contributed by atoms with van der Waals surface area (Å²) in [6.07, 6.45) is 6.93. The third-order valence-electron chi connectivity index (χ3n) is 8.65. The SMILES string of the molecule is Cc1ccccc1NS(=O)(=O)c1cc(C(=O)Nc2ccc(C3C4CC5CC(C4)CC3C5)cc2)ccc1Cl. The number of halogens is 1. The van der Waals surface area contributed by atoms with Crippen molar-refractivity contribution in [3.05, 3.63) is 88.4 Å². The van der Waals surface area contributed by atoms with Crippen LogP contribution in [0.15, 0.2) is 71.6 Å². The largest absolute Gasteiger partial charge is 0.322 e. The normalized spacial score (nSPS) is 26.2. The number of carbonyl (C=O) groups excluding carboxylic acids is 1. The van der Waals surface area contributed by atoms with Gasteiger partial charge in [-0.2, -0.15) is 0 Å². The lowest BCUT2D eigenvalue weighted by molar-refractivity contribution is -0.00277. The van der Waals surface area contributed by atoms with Crippen molar-refractivity contribution in [1.29, 1.82) is 0 Å². The van der Waals surface area contributed by atoms with Crippen LogP contribution in [-0.2, 0) is 10.0 Å². The van der Waals surface area contributed by atoms with Crippen molar-refractivity contribution >= 4 is 38.9 Å². The first-order chi connectivity index (χ1) is 17.8. The minimum absolute atomic E-state index is 0.0534. The predicted molar refractivity (Wildman–Crippen MR) is 148 cm³/mol. The van der Waals surface area contributed by atoms with Crippen molar-refractivity contribution in [2.24, 2.45) is 23.7 Å². The Balaban J connectivity index is 1.17. The van der Waals surface area contributed by atoms with Gasteiger partial charge in [0.15, 0.2) is 0 Å². The smallest absolute Gasteiger partial charge is 0.263 e. The van der Waals surface area contributed by atoms with Gasteiger partial charge in [-0.1, -0.05) is 41.9 Å². The molecule has 0 aromatic heterocycles. The first-order valence-electron chi connectivity index (χ1n) is 13.1. The molecular weight excluding hydrogens is 504 g/mol. The molecule has 1 amide bonds. The van der Waals surface area contributed by atoms with E-state index in [9.17, 15) is 13.2 Å². The molecule has 3 aromatic rings. The van der Waals surface area contributed by atoms with Crippen molar-refractivity contribution < 1.29 is 13.2 Å². The fourth-order valence-corrected chi connectivity index (χ4v) is 8.86. The van der Waals surface area contributed by atoms with Gasteiger partial charge in [-0.15, -0.1) is 0 Å². The van der Waals surface area contributed by atoms with Crippen LogP contribution in [0.1, 0.15) is 59.5 Å². The Hall–Kier alpha value is -2.83. The highest BCUT2D eigenvalue weighted by Gasteiger charge is 2.48. The summed E-state index contributed by atoms with van der Waals surface area (Å²) in [5.41, 5.74) is 3.55. The molecule has 0 saturated heterocycles. The molecule has 7 rings (SSSR count). The van der Waals surface area contributed by atoms with Crippen LogP contribution in [0.2, 0.25) is 5.02 Å². The van der Waals surface area contributed by atoms with Crippen molar-refractivity contribution in [1.82, 2.24) is 0 Å². The topological polar surface area (TPSA) is 75.3 Å². The molecule has 4 aliphatic rings. The molecule has 3 aromatic carbocycles. The number of benzene rings is 3. The Labute approximate surface area is 223 Å². The number of para-hydroxylation sites is 1.